The number of rotatable bonds is 9. The van der Waals surface area contributed by atoms with Crippen molar-refractivity contribution >= 4 is 45.6 Å². The number of para-hydroxylation sites is 2. The molecule has 3 N–H and O–H groups in total. The average molecular weight is 633 g/mol. The van der Waals surface area contributed by atoms with E-state index in [0.717, 1.165) is 0 Å². The van der Waals surface area contributed by atoms with E-state index < -0.39 is 5.92 Å². The van der Waals surface area contributed by atoms with Gasteiger partial charge in [-0.05, 0) is 42.2 Å². The minimum Gasteiger partial charge on any atom is -0.497 e. The molecule has 13 heteroatoms. The topological polar surface area (TPSA) is 153 Å². The van der Waals surface area contributed by atoms with Crippen LogP contribution in [-0.4, -0.2) is 49.0 Å². The van der Waals surface area contributed by atoms with Crippen molar-refractivity contribution in [2.75, 3.05) is 37.3 Å². The van der Waals surface area contributed by atoms with E-state index in [4.69, 9.17) is 19.9 Å². The van der Waals surface area contributed by atoms with Gasteiger partial charge < -0.3 is 25.3 Å². The molecule has 3 aromatic rings. The van der Waals surface area contributed by atoms with Crippen LogP contribution in [0.1, 0.15) is 38.2 Å². The lowest BCUT2D eigenvalue weighted by atomic mass is 9.68. The molecule has 11 nitrogen and oxygen atoms in total. The number of hydrogen-bond acceptors (Lipinski definition) is 12. The Bertz CT molecular complexity index is 1720. The summed E-state index contributed by atoms with van der Waals surface area (Å²) in [6, 6.07) is 14.7. The van der Waals surface area contributed by atoms with Crippen molar-refractivity contribution in [1.82, 2.24) is 10.2 Å². The molecule has 0 fully saturated rings. The van der Waals surface area contributed by atoms with Gasteiger partial charge in [0.15, 0.2) is 10.1 Å². The first-order valence-electron chi connectivity index (χ1n) is 13.7. The van der Waals surface area contributed by atoms with Crippen molar-refractivity contribution in [2.24, 2.45) is 11.1 Å². The largest absolute Gasteiger partial charge is 0.497 e. The smallest absolute Gasteiger partial charge is 0.234 e. The minimum absolute atomic E-state index is 0.0801. The number of allylic oxidation sites excluding steroid dienone is 3. The molecule has 0 saturated heterocycles. The van der Waals surface area contributed by atoms with Gasteiger partial charge in [-0.25, -0.2) is 0 Å². The number of ketones is 1. The summed E-state index contributed by atoms with van der Waals surface area (Å²) in [6.07, 6.45) is 0.819. The standard InChI is InChI=1S/C31H32N6O5S2/c1-31(2)13-21-27(22(38)14-31)26(18-12-17(40-3)10-11-23(18)41-4)19(15-32)28(33)37(21)29-35-36-30(44-29)43-16-25(39)34-20-8-6-7-9-24(20)42-5/h6-12,26H,13-14,16,33H2,1-5H3,(H,34,39). The number of carbonyl (C=O) groups excluding carboxylic acids is 2. The van der Waals surface area contributed by atoms with E-state index in [0.29, 0.717) is 62.1 Å². The number of hydrogen-bond donors (Lipinski definition) is 2. The highest BCUT2D eigenvalue weighted by atomic mass is 32.2. The molecule has 0 saturated carbocycles. The maximum atomic E-state index is 13.9. The zero-order chi connectivity index (χ0) is 31.6. The van der Waals surface area contributed by atoms with E-state index >= 15 is 0 Å². The second-order valence-corrected chi connectivity index (χ2v) is 13.2. The number of methoxy groups -OCH3 is 3. The number of amides is 1. The maximum Gasteiger partial charge on any atom is 0.234 e. The van der Waals surface area contributed by atoms with Gasteiger partial charge in [-0.2, -0.15) is 5.26 Å². The Hall–Kier alpha value is -4.54. The molecular weight excluding hydrogens is 601 g/mol. The van der Waals surface area contributed by atoms with Crippen LogP contribution >= 0.6 is 23.1 Å². The number of nitrogens with two attached hydrogens (primary N) is 1. The molecule has 2 heterocycles. The lowest BCUT2D eigenvalue weighted by Gasteiger charge is -2.42. The third-order valence-corrected chi connectivity index (χ3v) is 9.47. The lowest BCUT2D eigenvalue weighted by Crippen LogP contribution is -2.42. The molecule has 1 aromatic heterocycles. The van der Waals surface area contributed by atoms with Gasteiger partial charge in [-0.1, -0.05) is 49.1 Å². The zero-order valence-corrected chi connectivity index (χ0v) is 26.6. The van der Waals surface area contributed by atoms with Gasteiger partial charge in [0, 0.05) is 23.3 Å². The van der Waals surface area contributed by atoms with E-state index in [1.807, 2.05) is 26.0 Å². The molecule has 1 amide bonds. The molecular formula is C31H32N6O5S2. The summed E-state index contributed by atoms with van der Waals surface area (Å²) in [5.74, 6) is 0.806. The zero-order valence-electron chi connectivity index (χ0n) is 25.0. The molecule has 2 aromatic carbocycles. The van der Waals surface area contributed by atoms with Crippen molar-refractivity contribution in [1.29, 1.82) is 5.26 Å². The van der Waals surface area contributed by atoms with Crippen LogP contribution in [0.3, 0.4) is 0 Å². The number of nitrogens with zero attached hydrogens (tertiary/aromatic N) is 4. The number of carbonyl (C=O) groups is 2. The fraction of sp³-hybridized carbons (Fsp3) is 0.323. The third kappa shape index (κ3) is 5.95. The van der Waals surface area contributed by atoms with Crippen molar-refractivity contribution in [2.45, 2.75) is 36.9 Å². The Morgan fingerprint density at radius 1 is 1.14 bits per heavy atom. The van der Waals surface area contributed by atoms with Gasteiger partial charge in [0.2, 0.25) is 11.0 Å². The van der Waals surface area contributed by atoms with Crippen LogP contribution in [0.5, 0.6) is 17.2 Å². The summed E-state index contributed by atoms with van der Waals surface area (Å²) in [7, 11) is 4.63. The summed E-state index contributed by atoms with van der Waals surface area (Å²) < 4.78 is 17.0. The molecule has 0 radical (unpaired) electrons. The molecule has 5 rings (SSSR count). The van der Waals surface area contributed by atoms with Gasteiger partial charge in [0.1, 0.15) is 23.1 Å². The van der Waals surface area contributed by atoms with Gasteiger partial charge >= 0.3 is 0 Å². The second kappa shape index (κ2) is 12.6. The van der Waals surface area contributed by atoms with E-state index in [-0.39, 0.29) is 34.3 Å². The van der Waals surface area contributed by atoms with E-state index in [9.17, 15) is 14.9 Å². The molecule has 44 heavy (non-hydrogen) atoms. The first-order chi connectivity index (χ1) is 21.1. The second-order valence-electron chi connectivity index (χ2n) is 11.0. The highest BCUT2D eigenvalue weighted by molar-refractivity contribution is 8.01. The van der Waals surface area contributed by atoms with Crippen molar-refractivity contribution < 1.29 is 23.8 Å². The molecule has 1 aliphatic heterocycles. The molecule has 1 atom stereocenters. The van der Waals surface area contributed by atoms with Gasteiger partial charge in [0.05, 0.1) is 50.3 Å². The van der Waals surface area contributed by atoms with Crippen molar-refractivity contribution in [3.05, 3.63) is 70.7 Å². The Balaban J connectivity index is 1.50. The highest BCUT2D eigenvalue weighted by Gasteiger charge is 2.46. The molecule has 0 spiro atoms. The number of nitriles is 1. The number of ether oxygens (including phenoxy) is 3. The van der Waals surface area contributed by atoms with Crippen molar-refractivity contribution in [3.8, 4) is 23.3 Å². The fourth-order valence-electron chi connectivity index (χ4n) is 5.52. The predicted molar refractivity (Wildman–Crippen MR) is 169 cm³/mol. The van der Waals surface area contributed by atoms with Crippen LogP contribution in [0.15, 0.2) is 69.5 Å². The molecule has 1 unspecified atom stereocenters. The van der Waals surface area contributed by atoms with Crippen LogP contribution in [0.25, 0.3) is 0 Å². The normalized spacial score (nSPS) is 17.6. The summed E-state index contributed by atoms with van der Waals surface area (Å²) in [5.41, 5.74) is 8.92. The van der Waals surface area contributed by atoms with E-state index in [1.165, 1.54) is 37.3 Å². The Morgan fingerprint density at radius 2 is 1.89 bits per heavy atom. The third-order valence-electron chi connectivity index (χ3n) is 7.42. The first kappa shape index (κ1) is 30.9. The maximum absolute atomic E-state index is 13.9. The summed E-state index contributed by atoms with van der Waals surface area (Å²) in [4.78, 5) is 28.3. The monoisotopic (exact) mass is 632 g/mol. The minimum atomic E-state index is -0.750. The first-order valence-corrected chi connectivity index (χ1v) is 15.5. The summed E-state index contributed by atoms with van der Waals surface area (Å²) in [6.45, 7) is 4.05. The number of benzene rings is 2. The number of thioether (sulfide) groups is 1. The number of aromatic nitrogens is 2. The Labute approximate surface area is 263 Å². The van der Waals surface area contributed by atoms with Crippen LogP contribution in [-0.2, 0) is 9.59 Å². The number of anilines is 2. The van der Waals surface area contributed by atoms with Crippen LogP contribution in [0.4, 0.5) is 10.8 Å². The van der Waals surface area contributed by atoms with Gasteiger partial charge in [0.25, 0.3) is 0 Å². The van der Waals surface area contributed by atoms with Gasteiger partial charge in [-0.15, -0.1) is 10.2 Å². The number of nitrogens with one attached hydrogen (secondary N) is 1. The highest BCUT2D eigenvalue weighted by Crippen LogP contribution is 2.52. The van der Waals surface area contributed by atoms with Crippen molar-refractivity contribution in [3.63, 3.8) is 0 Å². The summed E-state index contributed by atoms with van der Waals surface area (Å²) in [5, 5.41) is 22.3. The van der Waals surface area contributed by atoms with Gasteiger partial charge in [-0.3, -0.25) is 14.5 Å². The number of Topliss-reactive ketones (excluding diaryl/α,β-unsaturated/α-hetero) is 1. The predicted octanol–water partition coefficient (Wildman–Crippen LogP) is 5.24. The summed E-state index contributed by atoms with van der Waals surface area (Å²) >= 11 is 2.45. The molecule has 228 valence electrons. The quantitative estimate of drug-likeness (QED) is 0.298. The Morgan fingerprint density at radius 3 is 2.59 bits per heavy atom. The van der Waals surface area contributed by atoms with Crippen LogP contribution in [0, 0.1) is 16.7 Å². The average Bonchev–Trinajstić information content (AvgIpc) is 3.47. The molecule has 2 aliphatic rings. The molecule has 1 aliphatic carbocycles. The van der Waals surface area contributed by atoms with E-state index in [1.54, 1.807) is 42.3 Å². The Kier molecular flexibility index (Phi) is 8.85. The van der Waals surface area contributed by atoms with Crippen LogP contribution < -0.4 is 30.2 Å². The van der Waals surface area contributed by atoms with E-state index in [2.05, 4.69) is 21.6 Å². The lowest BCUT2D eigenvalue weighted by molar-refractivity contribution is -0.118. The van der Waals surface area contributed by atoms with Crippen LogP contribution in [0.2, 0.25) is 0 Å². The molecule has 0 bridgehead atoms. The fourth-order valence-corrected chi connectivity index (χ4v) is 7.20. The SMILES string of the molecule is COc1ccc(OC)c(C2C(C#N)=C(N)N(c3nnc(SCC(=O)Nc4ccccc4OC)s3)C3=C2C(=O)CC(C)(C)C3)c1.